The van der Waals surface area contributed by atoms with E-state index in [1.165, 1.54) is 22.3 Å². The van der Waals surface area contributed by atoms with Crippen LogP contribution < -0.4 is 4.90 Å². The van der Waals surface area contributed by atoms with Crippen molar-refractivity contribution in [3.05, 3.63) is 81.7 Å². The van der Waals surface area contributed by atoms with Crippen molar-refractivity contribution in [2.45, 2.75) is 73.4 Å². The lowest BCUT2D eigenvalue weighted by molar-refractivity contribution is -0.136. The van der Waals surface area contributed by atoms with E-state index in [0.29, 0.717) is 5.41 Å². The molecule has 38 heavy (non-hydrogen) atoms. The Hall–Kier alpha value is -3.18. The van der Waals surface area contributed by atoms with Crippen molar-refractivity contribution in [3.8, 4) is 11.1 Å². The molecule has 1 saturated heterocycles. The monoisotopic (exact) mass is 511 g/mol. The maximum atomic E-state index is 11.9. The topological polar surface area (TPSA) is 56.7 Å². The fourth-order valence-electron chi connectivity index (χ4n) is 6.23. The Morgan fingerprint density at radius 1 is 0.974 bits per heavy atom. The summed E-state index contributed by atoms with van der Waals surface area (Å²) in [4.78, 5) is 21.7. The molecule has 0 saturated carbocycles. The van der Waals surface area contributed by atoms with Gasteiger partial charge in [-0.2, -0.15) is 0 Å². The molecule has 0 unspecified atom stereocenters. The third-order valence-corrected chi connectivity index (χ3v) is 8.49. The summed E-state index contributed by atoms with van der Waals surface area (Å²) in [6.45, 7) is 15.7. The molecular weight excluding hydrogens is 470 g/mol. The lowest BCUT2D eigenvalue weighted by atomic mass is 9.82. The number of rotatable bonds is 6. The van der Waals surface area contributed by atoms with Gasteiger partial charge in [-0.25, -0.2) is 0 Å². The first-order valence-electron chi connectivity index (χ1n) is 14.0. The largest absolute Gasteiger partial charge is 0.481 e. The van der Waals surface area contributed by atoms with Crippen LogP contribution in [0.4, 0.5) is 5.69 Å². The van der Waals surface area contributed by atoms with Crippen molar-refractivity contribution in [3.63, 3.8) is 0 Å². The minimum atomic E-state index is -0.803. The predicted molar refractivity (Wildman–Crippen MR) is 155 cm³/mol. The summed E-state index contributed by atoms with van der Waals surface area (Å²) in [5.74, 6) is -0.803. The first-order valence-corrected chi connectivity index (χ1v) is 14.0. The van der Waals surface area contributed by atoms with E-state index in [2.05, 4.69) is 80.0 Å². The number of aromatic nitrogens is 1. The van der Waals surface area contributed by atoms with Crippen molar-refractivity contribution in [2.24, 2.45) is 5.41 Å². The molecule has 0 aliphatic carbocycles. The van der Waals surface area contributed by atoms with Gasteiger partial charge in [-0.05, 0) is 67.7 Å². The van der Waals surface area contributed by atoms with Crippen molar-refractivity contribution in [2.75, 3.05) is 24.5 Å². The average Bonchev–Trinajstić information content (AvgIpc) is 2.85. The standard InChI is InChI=1S/C33H41N3O2/c1-22-7-6-8-25(17-22)20-35-14-11-26-18-27(9-10-28(26)21-35)31-24(3)34-23(2)29(19-30(37)38)32(31)36-15-12-33(4,5)13-16-36/h6-10,17-18H,11-16,19-21H2,1-5H3,(H,37,38). The smallest absolute Gasteiger partial charge is 0.307 e. The lowest BCUT2D eigenvalue weighted by Crippen LogP contribution is -2.38. The van der Waals surface area contributed by atoms with E-state index in [1.54, 1.807) is 0 Å². The van der Waals surface area contributed by atoms with Crippen LogP contribution in [0.3, 0.4) is 0 Å². The molecule has 2 aliphatic rings. The molecule has 1 N–H and O–H groups in total. The highest BCUT2D eigenvalue weighted by atomic mass is 16.4. The Balaban J connectivity index is 1.49. The minimum Gasteiger partial charge on any atom is -0.481 e. The number of carbonyl (C=O) groups is 1. The first kappa shape index (κ1) is 26.4. The van der Waals surface area contributed by atoms with Gasteiger partial charge in [0.2, 0.25) is 0 Å². The van der Waals surface area contributed by atoms with Crippen LogP contribution in [0.5, 0.6) is 0 Å². The Morgan fingerprint density at radius 3 is 2.45 bits per heavy atom. The number of piperidine rings is 1. The molecule has 5 nitrogen and oxygen atoms in total. The van der Waals surface area contributed by atoms with Crippen LogP contribution in [0.15, 0.2) is 42.5 Å². The second kappa shape index (κ2) is 10.5. The van der Waals surface area contributed by atoms with Crippen LogP contribution in [0.25, 0.3) is 11.1 Å². The van der Waals surface area contributed by atoms with Crippen LogP contribution in [0.1, 0.15) is 65.9 Å². The second-order valence-corrected chi connectivity index (χ2v) is 12.1. The van der Waals surface area contributed by atoms with Gasteiger partial charge in [0, 0.05) is 55.2 Å². The van der Waals surface area contributed by atoms with Crippen LogP contribution >= 0.6 is 0 Å². The molecule has 200 valence electrons. The molecule has 3 heterocycles. The molecule has 1 aromatic heterocycles. The van der Waals surface area contributed by atoms with Crippen LogP contribution in [0.2, 0.25) is 0 Å². The van der Waals surface area contributed by atoms with Gasteiger partial charge in [-0.15, -0.1) is 0 Å². The van der Waals surface area contributed by atoms with Gasteiger partial charge in [0.1, 0.15) is 0 Å². The third-order valence-electron chi connectivity index (χ3n) is 8.49. The van der Waals surface area contributed by atoms with E-state index in [4.69, 9.17) is 4.98 Å². The van der Waals surface area contributed by atoms with Crippen molar-refractivity contribution in [1.29, 1.82) is 0 Å². The fraction of sp³-hybridized carbons (Fsp3) is 0.455. The van der Waals surface area contributed by atoms with Crippen molar-refractivity contribution in [1.82, 2.24) is 9.88 Å². The average molecular weight is 512 g/mol. The molecule has 2 aliphatic heterocycles. The Labute approximate surface area is 227 Å². The number of carboxylic acid groups (broad SMARTS) is 1. The van der Waals surface area contributed by atoms with Gasteiger partial charge >= 0.3 is 5.97 Å². The molecule has 0 radical (unpaired) electrons. The number of hydrogen-bond donors (Lipinski definition) is 1. The van der Waals surface area contributed by atoms with Crippen molar-refractivity contribution >= 4 is 11.7 Å². The number of aliphatic carboxylic acids is 1. The number of nitrogens with zero attached hydrogens (tertiary/aromatic N) is 3. The van der Waals surface area contributed by atoms with Gasteiger partial charge < -0.3 is 10.0 Å². The van der Waals surface area contributed by atoms with Gasteiger partial charge in [0.25, 0.3) is 0 Å². The summed E-state index contributed by atoms with van der Waals surface area (Å²) in [5, 5.41) is 9.78. The zero-order valence-corrected chi connectivity index (χ0v) is 23.6. The van der Waals surface area contributed by atoms with Crippen LogP contribution in [-0.4, -0.2) is 40.6 Å². The Kier molecular flexibility index (Phi) is 7.32. The van der Waals surface area contributed by atoms with Gasteiger partial charge in [0.15, 0.2) is 0 Å². The van der Waals surface area contributed by atoms with Crippen molar-refractivity contribution < 1.29 is 9.90 Å². The number of pyridine rings is 1. The molecule has 5 heteroatoms. The summed E-state index contributed by atoms with van der Waals surface area (Å²) < 4.78 is 0. The van der Waals surface area contributed by atoms with E-state index in [9.17, 15) is 9.90 Å². The van der Waals surface area contributed by atoms with E-state index < -0.39 is 5.97 Å². The highest BCUT2D eigenvalue weighted by Crippen LogP contribution is 2.42. The molecule has 5 rings (SSSR count). The highest BCUT2D eigenvalue weighted by Gasteiger charge is 2.30. The molecule has 1 fully saturated rings. The number of hydrogen-bond acceptors (Lipinski definition) is 4. The van der Waals surface area contributed by atoms with Crippen LogP contribution in [-0.2, 0) is 30.7 Å². The third kappa shape index (κ3) is 5.63. The zero-order chi connectivity index (χ0) is 27.0. The maximum absolute atomic E-state index is 11.9. The van der Waals surface area contributed by atoms with E-state index in [0.717, 1.165) is 85.8 Å². The molecule has 0 bridgehead atoms. The minimum absolute atomic E-state index is 0.000199. The summed E-state index contributed by atoms with van der Waals surface area (Å²) in [7, 11) is 0. The maximum Gasteiger partial charge on any atom is 0.307 e. The van der Waals surface area contributed by atoms with E-state index in [-0.39, 0.29) is 6.42 Å². The highest BCUT2D eigenvalue weighted by molar-refractivity contribution is 5.86. The summed E-state index contributed by atoms with van der Waals surface area (Å²) in [6.07, 6.45) is 3.21. The quantitative estimate of drug-likeness (QED) is 0.410. The summed E-state index contributed by atoms with van der Waals surface area (Å²) >= 11 is 0. The van der Waals surface area contributed by atoms with Gasteiger partial charge in [0.05, 0.1) is 12.1 Å². The number of anilines is 1. The number of carboxylic acids is 1. The molecule has 0 atom stereocenters. The zero-order valence-electron chi connectivity index (χ0n) is 23.6. The molecule has 0 spiro atoms. The predicted octanol–water partition coefficient (Wildman–Crippen LogP) is 6.49. The van der Waals surface area contributed by atoms with Gasteiger partial charge in [-0.3, -0.25) is 14.7 Å². The Morgan fingerprint density at radius 2 is 1.74 bits per heavy atom. The number of aryl methyl sites for hydroxylation is 3. The first-order chi connectivity index (χ1) is 18.1. The number of fused-ring (bicyclic) bond motifs is 1. The molecule has 2 aromatic carbocycles. The molecule has 0 amide bonds. The van der Waals surface area contributed by atoms with Crippen LogP contribution in [0, 0.1) is 26.2 Å². The SMILES string of the molecule is Cc1cccc(CN2CCc3cc(-c4c(C)nc(C)c(CC(=O)O)c4N4CCC(C)(C)CC4)ccc3C2)c1. The summed E-state index contributed by atoms with van der Waals surface area (Å²) in [6, 6.07) is 15.7. The second-order valence-electron chi connectivity index (χ2n) is 12.1. The lowest BCUT2D eigenvalue weighted by Gasteiger charge is -2.40. The molecular formula is C33H41N3O2. The summed E-state index contributed by atoms with van der Waals surface area (Å²) in [5.41, 5.74) is 11.8. The fourth-order valence-corrected chi connectivity index (χ4v) is 6.23. The number of benzene rings is 2. The normalized spacial score (nSPS) is 17.3. The van der Waals surface area contributed by atoms with E-state index in [1.807, 2.05) is 6.92 Å². The van der Waals surface area contributed by atoms with E-state index >= 15 is 0 Å². The van der Waals surface area contributed by atoms with Gasteiger partial charge in [-0.1, -0.05) is 61.9 Å². The molecule has 3 aromatic rings. The Bertz CT molecular complexity index is 1350.